The van der Waals surface area contributed by atoms with Crippen LogP contribution in [0, 0.1) is 0 Å². The van der Waals surface area contributed by atoms with E-state index in [-0.39, 0.29) is 11.8 Å². The minimum absolute atomic E-state index is 0.250. The summed E-state index contributed by atoms with van der Waals surface area (Å²) in [7, 11) is 0. The molecule has 5 nitrogen and oxygen atoms in total. The summed E-state index contributed by atoms with van der Waals surface area (Å²) in [6, 6.07) is 14.8. The summed E-state index contributed by atoms with van der Waals surface area (Å²) >= 11 is 0. The van der Waals surface area contributed by atoms with E-state index in [1.54, 1.807) is 18.2 Å². The van der Waals surface area contributed by atoms with E-state index in [1.165, 1.54) is 0 Å². The number of rotatable bonds is 3. The summed E-state index contributed by atoms with van der Waals surface area (Å²) in [5.41, 5.74) is 8.27. The number of carbonyl (C=O) groups excluding carboxylic acids is 1. The lowest BCUT2D eigenvalue weighted by atomic mass is 10.1. The Hall–Kier alpha value is -2.82. The van der Waals surface area contributed by atoms with Crippen LogP contribution < -0.4 is 5.73 Å². The van der Waals surface area contributed by atoms with Gasteiger partial charge >= 0.3 is 5.97 Å². The minimum atomic E-state index is -0.469. The highest BCUT2D eigenvalue weighted by molar-refractivity contribution is 6.02. The molecule has 0 spiro atoms. The van der Waals surface area contributed by atoms with Gasteiger partial charge in [0.25, 0.3) is 0 Å². The maximum Gasteiger partial charge on any atom is 0.360 e. The lowest BCUT2D eigenvalue weighted by Gasteiger charge is -2.12. The summed E-state index contributed by atoms with van der Waals surface area (Å²) < 4.78 is 5.47. The molecule has 1 aromatic heterocycles. The van der Waals surface area contributed by atoms with E-state index in [0.717, 1.165) is 11.1 Å². The molecule has 106 valence electrons. The van der Waals surface area contributed by atoms with Crippen molar-refractivity contribution in [1.82, 2.24) is 10.2 Å². The molecule has 1 heterocycles. The molecule has 2 aromatic carbocycles. The van der Waals surface area contributed by atoms with Gasteiger partial charge in [0.1, 0.15) is 6.10 Å². The summed E-state index contributed by atoms with van der Waals surface area (Å²) in [5, 5.41) is 7.50. The van der Waals surface area contributed by atoms with Crippen LogP contribution in [0.4, 0.5) is 5.69 Å². The zero-order valence-corrected chi connectivity index (χ0v) is 11.5. The molecule has 1 unspecified atom stereocenters. The Balaban J connectivity index is 1.86. The van der Waals surface area contributed by atoms with Crippen LogP contribution in [0.3, 0.4) is 0 Å². The highest BCUT2D eigenvalue weighted by Crippen LogP contribution is 2.22. The van der Waals surface area contributed by atoms with Gasteiger partial charge in [0.2, 0.25) is 0 Å². The van der Waals surface area contributed by atoms with Gasteiger partial charge in [-0.15, -0.1) is 0 Å². The van der Waals surface area contributed by atoms with Crippen molar-refractivity contribution < 1.29 is 9.53 Å². The van der Waals surface area contributed by atoms with Crippen LogP contribution in [0.2, 0.25) is 0 Å². The number of carbonyl (C=O) groups is 1. The van der Waals surface area contributed by atoms with E-state index in [1.807, 2.05) is 37.3 Å². The lowest BCUT2D eigenvalue weighted by Crippen LogP contribution is -2.10. The first-order valence-electron chi connectivity index (χ1n) is 6.64. The fraction of sp³-hybridized carbons (Fsp3) is 0.125. The van der Waals surface area contributed by atoms with Crippen LogP contribution in [0.1, 0.15) is 29.1 Å². The maximum atomic E-state index is 12.3. The monoisotopic (exact) mass is 281 g/mol. The van der Waals surface area contributed by atoms with Gasteiger partial charge in [-0.2, -0.15) is 5.10 Å². The second-order valence-electron chi connectivity index (χ2n) is 4.84. The van der Waals surface area contributed by atoms with Gasteiger partial charge < -0.3 is 10.5 Å². The van der Waals surface area contributed by atoms with Crippen molar-refractivity contribution in [2.75, 3.05) is 5.73 Å². The number of hydrogen-bond donors (Lipinski definition) is 2. The minimum Gasteiger partial charge on any atom is -0.453 e. The number of aromatic amines is 1. The fourth-order valence-corrected chi connectivity index (χ4v) is 2.20. The Morgan fingerprint density at radius 2 is 2.00 bits per heavy atom. The molecule has 21 heavy (non-hydrogen) atoms. The number of esters is 1. The number of nitrogens with two attached hydrogens (primary N) is 1. The quantitative estimate of drug-likeness (QED) is 0.571. The van der Waals surface area contributed by atoms with Gasteiger partial charge in [-0.3, -0.25) is 5.10 Å². The van der Waals surface area contributed by atoms with Crippen LogP contribution >= 0.6 is 0 Å². The number of ether oxygens (including phenoxy) is 1. The van der Waals surface area contributed by atoms with E-state index in [0.29, 0.717) is 11.1 Å². The van der Waals surface area contributed by atoms with Crippen LogP contribution in [0.15, 0.2) is 48.5 Å². The van der Waals surface area contributed by atoms with E-state index < -0.39 is 5.97 Å². The third kappa shape index (κ3) is 2.58. The largest absolute Gasteiger partial charge is 0.453 e. The van der Waals surface area contributed by atoms with Gasteiger partial charge in [-0.1, -0.05) is 30.3 Å². The number of nitrogens with one attached hydrogen (secondary N) is 1. The molecule has 0 radical (unpaired) electrons. The molecule has 0 saturated carbocycles. The van der Waals surface area contributed by atoms with Crippen molar-refractivity contribution >= 4 is 22.6 Å². The molecular formula is C16H15N3O2. The number of aromatic nitrogens is 2. The number of anilines is 1. The average Bonchev–Trinajstić information content (AvgIpc) is 2.91. The van der Waals surface area contributed by atoms with Crippen LogP contribution in [0.25, 0.3) is 10.9 Å². The second kappa shape index (κ2) is 5.28. The Labute approximate surface area is 121 Å². The zero-order chi connectivity index (χ0) is 14.8. The van der Waals surface area contributed by atoms with E-state index in [2.05, 4.69) is 10.2 Å². The Kier molecular flexibility index (Phi) is 3.31. The van der Waals surface area contributed by atoms with Gasteiger partial charge in [-0.25, -0.2) is 4.79 Å². The standard InChI is InChI=1S/C16H15N3O2/c1-10(11-5-3-2-4-6-11)21-16(20)15-13-9-12(17)7-8-14(13)18-19-15/h2-10H,17H2,1H3,(H,18,19). The first kappa shape index (κ1) is 13.2. The first-order chi connectivity index (χ1) is 10.1. The molecule has 5 heteroatoms. The smallest absolute Gasteiger partial charge is 0.360 e. The van der Waals surface area contributed by atoms with E-state index >= 15 is 0 Å². The van der Waals surface area contributed by atoms with Crippen LogP contribution in [-0.4, -0.2) is 16.2 Å². The predicted molar refractivity (Wildman–Crippen MR) is 80.8 cm³/mol. The molecule has 0 fully saturated rings. The van der Waals surface area contributed by atoms with Crippen molar-refractivity contribution in [2.24, 2.45) is 0 Å². The van der Waals surface area contributed by atoms with Crippen molar-refractivity contribution in [1.29, 1.82) is 0 Å². The van der Waals surface area contributed by atoms with Crippen molar-refractivity contribution in [2.45, 2.75) is 13.0 Å². The predicted octanol–water partition coefficient (Wildman–Crippen LogP) is 3.06. The highest BCUT2D eigenvalue weighted by Gasteiger charge is 2.19. The highest BCUT2D eigenvalue weighted by atomic mass is 16.5. The summed E-state index contributed by atoms with van der Waals surface area (Å²) in [6.45, 7) is 1.83. The molecule has 0 aliphatic rings. The maximum absolute atomic E-state index is 12.3. The van der Waals surface area contributed by atoms with Crippen LogP contribution in [0.5, 0.6) is 0 Å². The van der Waals surface area contributed by atoms with Crippen LogP contribution in [-0.2, 0) is 4.74 Å². The molecule has 3 N–H and O–H groups in total. The number of fused-ring (bicyclic) bond motifs is 1. The number of hydrogen-bond acceptors (Lipinski definition) is 4. The van der Waals surface area contributed by atoms with E-state index in [4.69, 9.17) is 10.5 Å². The summed E-state index contributed by atoms with van der Waals surface area (Å²) in [6.07, 6.45) is -0.341. The average molecular weight is 281 g/mol. The Morgan fingerprint density at radius 1 is 1.24 bits per heavy atom. The number of nitrogen functional groups attached to an aromatic ring is 1. The SMILES string of the molecule is CC(OC(=O)c1n[nH]c2ccc(N)cc12)c1ccccc1. The molecule has 0 bridgehead atoms. The summed E-state index contributed by atoms with van der Waals surface area (Å²) in [4.78, 5) is 12.3. The molecule has 0 amide bonds. The second-order valence-corrected chi connectivity index (χ2v) is 4.84. The van der Waals surface area contributed by atoms with Gasteiger partial charge in [0, 0.05) is 11.1 Å². The fourth-order valence-electron chi connectivity index (χ4n) is 2.20. The molecule has 3 rings (SSSR count). The topological polar surface area (TPSA) is 81.0 Å². The van der Waals surface area contributed by atoms with E-state index in [9.17, 15) is 4.79 Å². The van der Waals surface area contributed by atoms with Gasteiger partial charge in [0.05, 0.1) is 5.52 Å². The third-order valence-electron chi connectivity index (χ3n) is 3.33. The lowest BCUT2D eigenvalue weighted by molar-refractivity contribution is 0.0333. The van der Waals surface area contributed by atoms with Crippen molar-refractivity contribution in [3.63, 3.8) is 0 Å². The Bertz CT molecular complexity index is 781. The van der Waals surface area contributed by atoms with Gasteiger partial charge in [0.15, 0.2) is 5.69 Å². The molecule has 0 aliphatic carbocycles. The molecule has 0 saturated heterocycles. The number of H-pyrrole nitrogens is 1. The number of benzene rings is 2. The molecule has 1 atom stereocenters. The van der Waals surface area contributed by atoms with Gasteiger partial charge in [-0.05, 0) is 30.7 Å². The number of nitrogens with zero attached hydrogens (tertiary/aromatic N) is 1. The molecule has 3 aromatic rings. The first-order valence-corrected chi connectivity index (χ1v) is 6.64. The normalized spacial score (nSPS) is 12.2. The third-order valence-corrected chi connectivity index (χ3v) is 3.33. The van der Waals surface area contributed by atoms with Crippen molar-refractivity contribution in [3.05, 3.63) is 59.8 Å². The molecule has 0 aliphatic heterocycles. The zero-order valence-electron chi connectivity index (χ0n) is 11.5. The molecular weight excluding hydrogens is 266 g/mol. The van der Waals surface area contributed by atoms with Crippen molar-refractivity contribution in [3.8, 4) is 0 Å². The summed E-state index contributed by atoms with van der Waals surface area (Å²) in [5.74, 6) is -0.469. The Morgan fingerprint density at radius 3 is 2.76 bits per heavy atom.